The van der Waals surface area contributed by atoms with Crippen LogP contribution < -0.4 is 19.3 Å². The Hall–Kier alpha value is -2.04. The summed E-state index contributed by atoms with van der Waals surface area (Å²) < 4.78 is 12.0. The van der Waals surface area contributed by atoms with Crippen LogP contribution in [-0.2, 0) is 6.61 Å². The molecule has 1 heterocycles. The van der Waals surface area contributed by atoms with Crippen molar-refractivity contribution < 1.29 is 19.3 Å². The van der Waals surface area contributed by atoms with Crippen LogP contribution in [0.3, 0.4) is 0 Å². The minimum atomic E-state index is 0.565. The SMILES string of the molecule is CC[NH+]1CC[NH+](CCCOc2ccccc2OCc2ccccc2)CC1. The lowest BCUT2D eigenvalue weighted by Crippen LogP contribution is -3.28. The minimum absolute atomic E-state index is 0.565. The van der Waals surface area contributed by atoms with Gasteiger partial charge in [-0.05, 0) is 24.6 Å². The maximum atomic E-state index is 6.02. The third-order valence-corrected chi connectivity index (χ3v) is 5.18. The molecule has 1 fully saturated rings. The van der Waals surface area contributed by atoms with Crippen LogP contribution in [0.4, 0.5) is 0 Å². The first-order valence-corrected chi connectivity index (χ1v) is 9.91. The molecular weight excluding hydrogens is 324 g/mol. The Kier molecular flexibility index (Phi) is 7.35. The van der Waals surface area contributed by atoms with Gasteiger partial charge in [-0.15, -0.1) is 0 Å². The number of para-hydroxylation sites is 2. The fourth-order valence-corrected chi connectivity index (χ4v) is 3.49. The highest BCUT2D eigenvalue weighted by Gasteiger charge is 2.20. The second-order valence-corrected chi connectivity index (χ2v) is 7.03. The molecule has 26 heavy (non-hydrogen) atoms. The molecule has 1 saturated heterocycles. The molecule has 4 nitrogen and oxygen atoms in total. The molecule has 0 amide bonds. The Morgan fingerprint density at radius 3 is 2.08 bits per heavy atom. The number of hydrogen-bond acceptors (Lipinski definition) is 2. The summed E-state index contributed by atoms with van der Waals surface area (Å²) in [6.07, 6.45) is 1.09. The van der Waals surface area contributed by atoms with E-state index >= 15 is 0 Å². The van der Waals surface area contributed by atoms with Crippen LogP contribution in [0, 0.1) is 0 Å². The molecule has 0 saturated carbocycles. The van der Waals surface area contributed by atoms with Crippen molar-refractivity contribution in [2.45, 2.75) is 20.0 Å². The molecule has 2 N–H and O–H groups in total. The quantitative estimate of drug-likeness (QED) is 0.652. The molecule has 0 aromatic heterocycles. The fraction of sp³-hybridized carbons (Fsp3) is 0.455. The van der Waals surface area contributed by atoms with Gasteiger partial charge in [0.25, 0.3) is 0 Å². The van der Waals surface area contributed by atoms with Crippen molar-refractivity contribution in [1.29, 1.82) is 0 Å². The zero-order valence-corrected chi connectivity index (χ0v) is 15.9. The lowest BCUT2D eigenvalue weighted by molar-refractivity contribution is -1.01. The first-order valence-electron chi connectivity index (χ1n) is 9.91. The van der Waals surface area contributed by atoms with Crippen LogP contribution in [0.25, 0.3) is 0 Å². The predicted molar refractivity (Wildman–Crippen MR) is 104 cm³/mol. The van der Waals surface area contributed by atoms with Crippen molar-refractivity contribution in [2.75, 3.05) is 45.9 Å². The van der Waals surface area contributed by atoms with E-state index in [0.717, 1.165) is 24.5 Å². The maximum absolute atomic E-state index is 6.02. The van der Waals surface area contributed by atoms with E-state index in [-0.39, 0.29) is 0 Å². The summed E-state index contributed by atoms with van der Waals surface area (Å²) in [4.78, 5) is 3.47. The highest BCUT2D eigenvalue weighted by Crippen LogP contribution is 2.27. The molecule has 3 rings (SSSR count). The van der Waals surface area contributed by atoms with Gasteiger partial charge in [0.1, 0.15) is 32.8 Å². The van der Waals surface area contributed by atoms with E-state index in [1.54, 1.807) is 9.80 Å². The van der Waals surface area contributed by atoms with E-state index in [1.165, 1.54) is 44.8 Å². The zero-order chi connectivity index (χ0) is 18.0. The van der Waals surface area contributed by atoms with Crippen LogP contribution in [0.5, 0.6) is 11.5 Å². The van der Waals surface area contributed by atoms with E-state index in [4.69, 9.17) is 9.47 Å². The number of quaternary nitrogens is 2. The highest BCUT2D eigenvalue weighted by atomic mass is 16.5. The molecule has 140 valence electrons. The van der Waals surface area contributed by atoms with Gasteiger partial charge in [-0.25, -0.2) is 0 Å². The number of hydrogen-bond donors (Lipinski definition) is 2. The molecule has 2 aromatic carbocycles. The molecule has 0 atom stereocenters. The summed E-state index contributed by atoms with van der Waals surface area (Å²) >= 11 is 0. The third kappa shape index (κ3) is 5.75. The Bertz CT molecular complexity index is 640. The summed E-state index contributed by atoms with van der Waals surface area (Å²) in [5.41, 5.74) is 1.17. The van der Waals surface area contributed by atoms with Gasteiger partial charge in [-0.1, -0.05) is 42.5 Å². The number of ether oxygens (including phenoxy) is 2. The van der Waals surface area contributed by atoms with Gasteiger partial charge >= 0.3 is 0 Å². The Labute approximate surface area is 157 Å². The van der Waals surface area contributed by atoms with Crippen molar-refractivity contribution in [1.82, 2.24) is 0 Å². The molecule has 0 aliphatic carbocycles. The lowest BCUT2D eigenvalue weighted by Gasteiger charge is -2.28. The highest BCUT2D eigenvalue weighted by molar-refractivity contribution is 5.39. The van der Waals surface area contributed by atoms with Crippen LogP contribution in [0.15, 0.2) is 54.6 Å². The van der Waals surface area contributed by atoms with Crippen molar-refractivity contribution in [3.63, 3.8) is 0 Å². The van der Waals surface area contributed by atoms with Crippen LogP contribution in [-0.4, -0.2) is 45.9 Å². The topological polar surface area (TPSA) is 27.3 Å². The molecule has 0 spiro atoms. The average molecular weight is 357 g/mol. The summed E-state index contributed by atoms with van der Waals surface area (Å²) in [5, 5.41) is 0. The van der Waals surface area contributed by atoms with Crippen molar-refractivity contribution in [3.8, 4) is 11.5 Å². The smallest absolute Gasteiger partial charge is 0.161 e. The van der Waals surface area contributed by atoms with Gasteiger partial charge < -0.3 is 19.3 Å². The first-order chi connectivity index (χ1) is 12.8. The standard InChI is InChI=1S/C22H30N2O2/c1-2-23-14-16-24(17-15-23)13-8-18-25-21-11-6-7-12-22(21)26-19-20-9-4-3-5-10-20/h3-7,9-12H,2,8,13-19H2,1H3/p+2. The Morgan fingerprint density at radius 1 is 0.769 bits per heavy atom. The summed E-state index contributed by atoms with van der Waals surface area (Å²) in [7, 11) is 0. The second-order valence-electron chi connectivity index (χ2n) is 7.03. The number of piperazine rings is 1. The molecule has 2 aromatic rings. The second kappa shape index (κ2) is 10.2. The molecule has 0 bridgehead atoms. The zero-order valence-electron chi connectivity index (χ0n) is 15.9. The van der Waals surface area contributed by atoms with E-state index in [9.17, 15) is 0 Å². The van der Waals surface area contributed by atoms with Crippen molar-refractivity contribution in [3.05, 3.63) is 60.2 Å². The molecule has 0 unspecified atom stereocenters. The molecule has 4 heteroatoms. The van der Waals surface area contributed by atoms with Crippen molar-refractivity contribution in [2.24, 2.45) is 0 Å². The Morgan fingerprint density at radius 2 is 1.38 bits per heavy atom. The van der Waals surface area contributed by atoms with Crippen LogP contribution in [0.2, 0.25) is 0 Å². The van der Waals surface area contributed by atoms with Crippen molar-refractivity contribution >= 4 is 0 Å². The van der Waals surface area contributed by atoms with Crippen LogP contribution in [0.1, 0.15) is 18.9 Å². The van der Waals surface area contributed by atoms with E-state index in [0.29, 0.717) is 6.61 Å². The monoisotopic (exact) mass is 356 g/mol. The molecule has 1 aliphatic heterocycles. The molecule has 0 radical (unpaired) electrons. The number of benzene rings is 2. The summed E-state index contributed by atoms with van der Waals surface area (Å²) in [6.45, 7) is 11.3. The number of nitrogens with one attached hydrogen (secondary N) is 2. The summed E-state index contributed by atoms with van der Waals surface area (Å²) in [5.74, 6) is 1.67. The number of rotatable bonds is 9. The van der Waals surface area contributed by atoms with Gasteiger partial charge in [0.15, 0.2) is 11.5 Å². The van der Waals surface area contributed by atoms with Gasteiger partial charge in [0.2, 0.25) is 0 Å². The van der Waals surface area contributed by atoms with Gasteiger partial charge in [-0.3, -0.25) is 0 Å². The van der Waals surface area contributed by atoms with E-state index in [1.807, 2.05) is 42.5 Å². The van der Waals surface area contributed by atoms with Gasteiger partial charge in [0.05, 0.1) is 19.7 Å². The Balaban J connectivity index is 1.41. The summed E-state index contributed by atoms with van der Waals surface area (Å²) in [6, 6.07) is 18.2. The van der Waals surface area contributed by atoms with Crippen LogP contribution >= 0.6 is 0 Å². The van der Waals surface area contributed by atoms with E-state index < -0.39 is 0 Å². The predicted octanol–water partition coefficient (Wildman–Crippen LogP) is 0.838. The number of likely N-dealkylation sites (N-methyl/N-ethyl adjacent to an activating group) is 1. The third-order valence-electron chi connectivity index (χ3n) is 5.18. The minimum Gasteiger partial charge on any atom is -0.489 e. The normalized spacial score (nSPS) is 19.9. The van der Waals surface area contributed by atoms with E-state index in [2.05, 4.69) is 19.1 Å². The largest absolute Gasteiger partial charge is 0.489 e. The first kappa shape index (κ1) is 18.7. The molecule has 1 aliphatic rings. The lowest BCUT2D eigenvalue weighted by atomic mass is 10.2. The fourth-order valence-electron chi connectivity index (χ4n) is 3.49. The average Bonchev–Trinajstić information content (AvgIpc) is 2.71. The van der Waals surface area contributed by atoms with Gasteiger partial charge in [0, 0.05) is 6.42 Å². The molecular formula is C22H32N2O2+2. The van der Waals surface area contributed by atoms with Gasteiger partial charge in [-0.2, -0.15) is 0 Å². The maximum Gasteiger partial charge on any atom is 0.161 e.